The highest BCUT2D eigenvalue weighted by Gasteiger charge is 2.41. The van der Waals surface area contributed by atoms with E-state index in [1.807, 2.05) is 0 Å². The van der Waals surface area contributed by atoms with Crippen LogP contribution in [0.2, 0.25) is 0 Å². The lowest BCUT2D eigenvalue weighted by molar-refractivity contribution is -0.189. The van der Waals surface area contributed by atoms with E-state index in [1.54, 1.807) is 0 Å². The number of aliphatic hydroxyl groups is 2. The minimum Gasteiger partial charge on any atom is -0.484 e. The number of aliphatic hydroxyl groups excluding tert-OH is 2. The van der Waals surface area contributed by atoms with E-state index in [9.17, 15) is 10.2 Å². The number of unbranched alkanes of at least 4 members (excludes halogenated alkanes) is 24. The van der Waals surface area contributed by atoms with E-state index in [-0.39, 0.29) is 13.2 Å². The minimum atomic E-state index is -1.02. The maximum absolute atomic E-state index is 10.9. The van der Waals surface area contributed by atoms with E-state index in [2.05, 4.69) is 13.8 Å². The summed E-state index contributed by atoms with van der Waals surface area (Å²) in [6.07, 6.45) is 32.2. The van der Waals surface area contributed by atoms with Crippen molar-refractivity contribution < 1.29 is 24.4 Å². The van der Waals surface area contributed by atoms with Crippen LogP contribution in [0.4, 0.5) is 0 Å². The molecule has 0 saturated carbocycles. The van der Waals surface area contributed by atoms with E-state index in [1.165, 1.54) is 148 Å². The molecule has 0 aliphatic carbocycles. The molecule has 0 bridgehead atoms. The smallest absolute Gasteiger partial charge is 0.160 e. The van der Waals surface area contributed by atoms with Crippen molar-refractivity contribution in [2.75, 3.05) is 13.2 Å². The van der Waals surface area contributed by atoms with Crippen molar-refractivity contribution in [2.45, 2.75) is 218 Å². The molecule has 1 aliphatic heterocycles. The third kappa shape index (κ3) is 24.5. The SMILES string of the molecule is CCCCCCCCCCCCCCCC(=S)OC[C@H]1OC[C@H](O)[C@@H](OC(=S)CCCCCCCCCCCCCCC)[C@@H]1O. The zero-order valence-corrected chi connectivity index (χ0v) is 31.1. The zero-order valence-electron chi connectivity index (χ0n) is 29.5. The lowest BCUT2D eigenvalue weighted by Gasteiger charge is -2.37. The Bertz CT molecular complexity index is 691. The second-order valence-electron chi connectivity index (χ2n) is 13.6. The summed E-state index contributed by atoms with van der Waals surface area (Å²) in [5.74, 6) is 0. The third-order valence-corrected chi connectivity index (χ3v) is 9.85. The van der Waals surface area contributed by atoms with Gasteiger partial charge < -0.3 is 24.4 Å². The summed E-state index contributed by atoms with van der Waals surface area (Å²) in [5, 5.41) is 22.3. The van der Waals surface area contributed by atoms with Crippen LogP contribution >= 0.6 is 24.4 Å². The quantitative estimate of drug-likeness (QED) is 0.0561. The van der Waals surface area contributed by atoms with Crippen molar-refractivity contribution in [1.82, 2.24) is 0 Å². The molecule has 1 fully saturated rings. The van der Waals surface area contributed by atoms with Gasteiger partial charge in [0.1, 0.15) is 24.9 Å². The van der Waals surface area contributed by atoms with Crippen LogP contribution in [0.25, 0.3) is 0 Å². The van der Waals surface area contributed by atoms with Gasteiger partial charge in [0.05, 0.1) is 6.61 Å². The molecule has 45 heavy (non-hydrogen) atoms. The van der Waals surface area contributed by atoms with Gasteiger partial charge in [-0.3, -0.25) is 0 Å². The van der Waals surface area contributed by atoms with Crippen LogP contribution in [-0.2, 0) is 14.2 Å². The lowest BCUT2D eigenvalue weighted by Crippen LogP contribution is -2.56. The Hall–Kier alpha value is -0.340. The Kier molecular flexibility index (Phi) is 29.4. The van der Waals surface area contributed by atoms with Crippen LogP contribution in [0.1, 0.15) is 194 Å². The summed E-state index contributed by atoms with van der Waals surface area (Å²) < 4.78 is 17.3. The predicted molar refractivity (Wildman–Crippen MR) is 198 cm³/mol. The molecular weight excluding hydrogens is 601 g/mol. The normalized spacial score (nSPS) is 19.9. The van der Waals surface area contributed by atoms with Gasteiger partial charge in [-0.2, -0.15) is 0 Å². The largest absolute Gasteiger partial charge is 0.484 e. The molecule has 0 aromatic rings. The molecule has 0 amide bonds. The maximum atomic E-state index is 10.9. The first-order chi connectivity index (χ1) is 22.0. The van der Waals surface area contributed by atoms with Crippen molar-refractivity contribution in [1.29, 1.82) is 0 Å². The molecule has 7 heteroatoms. The van der Waals surface area contributed by atoms with Gasteiger partial charge in [0, 0.05) is 12.8 Å². The Morgan fingerprint density at radius 3 is 1.31 bits per heavy atom. The Labute approximate surface area is 289 Å². The number of hydrogen-bond acceptors (Lipinski definition) is 7. The van der Waals surface area contributed by atoms with E-state index >= 15 is 0 Å². The minimum absolute atomic E-state index is 0.0860. The highest BCUT2D eigenvalue weighted by molar-refractivity contribution is 7.80. The van der Waals surface area contributed by atoms with Crippen molar-refractivity contribution in [2.24, 2.45) is 0 Å². The molecule has 0 aromatic heterocycles. The Morgan fingerprint density at radius 1 is 0.556 bits per heavy atom. The molecule has 1 heterocycles. The van der Waals surface area contributed by atoms with Crippen LogP contribution in [0.5, 0.6) is 0 Å². The van der Waals surface area contributed by atoms with Crippen LogP contribution in [0.3, 0.4) is 0 Å². The summed E-state index contributed by atoms with van der Waals surface area (Å²) in [7, 11) is 0. The zero-order chi connectivity index (χ0) is 32.8. The van der Waals surface area contributed by atoms with Gasteiger partial charge in [0.25, 0.3) is 0 Å². The molecule has 0 radical (unpaired) electrons. The molecule has 0 aromatic carbocycles. The van der Waals surface area contributed by atoms with Crippen molar-refractivity contribution in [3.05, 3.63) is 0 Å². The van der Waals surface area contributed by atoms with Crippen LogP contribution in [0.15, 0.2) is 0 Å². The van der Waals surface area contributed by atoms with Crippen molar-refractivity contribution >= 4 is 34.5 Å². The van der Waals surface area contributed by atoms with E-state index < -0.39 is 24.4 Å². The predicted octanol–water partition coefficient (Wildman–Crippen LogP) is 11.1. The Balaban J connectivity index is 2.05. The van der Waals surface area contributed by atoms with Gasteiger partial charge in [-0.25, -0.2) is 0 Å². The van der Waals surface area contributed by atoms with E-state index in [4.69, 9.17) is 38.6 Å². The molecule has 4 atom stereocenters. The van der Waals surface area contributed by atoms with Gasteiger partial charge in [0.15, 0.2) is 16.2 Å². The van der Waals surface area contributed by atoms with E-state index in [0.717, 1.165) is 25.7 Å². The van der Waals surface area contributed by atoms with Gasteiger partial charge in [-0.1, -0.05) is 168 Å². The molecule has 2 N–H and O–H groups in total. The summed E-state index contributed by atoms with van der Waals surface area (Å²) in [6, 6.07) is 0. The van der Waals surface area contributed by atoms with Gasteiger partial charge in [0.2, 0.25) is 0 Å². The first-order valence-corrected chi connectivity index (χ1v) is 20.1. The molecule has 0 spiro atoms. The standard InChI is InChI=1S/C38H72O5S2/c1-3-5-7-9-11-13-15-17-19-21-23-25-27-29-35(44)42-32-34-37(40)38(33(39)31-41-34)43-36(45)30-28-26-24-22-20-18-16-14-12-10-8-6-4-2/h33-34,37-40H,3-32H2,1-2H3/t33-,34+,37+,38+/m0/s1. The summed E-state index contributed by atoms with van der Waals surface area (Å²) in [5.41, 5.74) is 0. The lowest BCUT2D eigenvalue weighted by atomic mass is 10.00. The fraction of sp³-hybridized carbons (Fsp3) is 0.947. The average molecular weight is 673 g/mol. The molecule has 0 unspecified atom stereocenters. The summed E-state index contributed by atoms with van der Waals surface area (Å²) >= 11 is 10.9. The van der Waals surface area contributed by atoms with Gasteiger partial charge in [-0.15, -0.1) is 0 Å². The highest BCUT2D eigenvalue weighted by atomic mass is 32.1. The van der Waals surface area contributed by atoms with Crippen molar-refractivity contribution in [3.8, 4) is 0 Å². The van der Waals surface area contributed by atoms with Crippen LogP contribution in [-0.4, -0.2) is 57.9 Å². The fourth-order valence-corrected chi connectivity index (χ4v) is 6.65. The second-order valence-corrected chi connectivity index (χ2v) is 14.5. The van der Waals surface area contributed by atoms with Crippen LogP contribution in [0, 0.1) is 0 Å². The summed E-state index contributed by atoms with van der Waals surface area (Å²) in [4.78, 5) is 0. The number of hydrogen-bond donors (Lipinski definition) is 2. The first-order valence-electron chi connectivity index (χ1n) is 19.3. The topological polar surface area (TPSA) is 68.2 Å². The third-order valence-electron chi connectivity index (χ3n) is 9.22. The first kappa shape index (κ1) is 42.7. The maximum Gasteiger partial charge on any atom is 0.160 e. The Morgan fingerprint density at radius 2 is 0.911 bits per heavy atom. The van der Waals surface area contributed by atoms with Gasteiger partial charge in [-0.05, 0) is 37.3 Å². The number of ether oxygens (including phenoxy) is 3. The van der Waals surface area contributed by atoms with Gasteiger partial charge >= 0.3 is 0 Å². The molecule has 1 rings (SSSR count). The second kappa shape index (κ2) is 31.0. The molecule has 1 aliphatic rings. The number of thiocarbonyl (C=S) groups is 2. The fourth-order valence-electron chi connectivity index (χ4n) is 6.18. The molecule has 1 saturated heterocycles. The van der Waals surface area contributed by atoms with Crippen LogP contribution < -0.4 is 0 Å². The summed E-state index contributed by atoms with van der Waals surface area (Å²) in [6.45, 7) is 4.79. The molecule has 5 nitrogen and oxygen atoms in total. The van der Waals surface area contributed by atoms with Crippen molar-refractivity contribution in [3.63, 3.8) is 0 Å². The molecule has 266 valence electrons. The monoisotopic (exact) mass is 672 g/mol. The molecular formula is C38H72O5S2. The van der Waals surface area contributed by atoms with E-state index in [0.29, 0.717) is 16.5 Å². The average Bonchev–Trinajstić information content (AvgIpc) is 3.03. The highest BCUT2D eigenvalue weighted by Crippen LogP contribution is 2.22. The number of rotatable bonds is 31.